The van der Waals surface area contributed by atoms with E-state index in [-0.39, 0.29) is 6.03 Å². The largest absolute Gasteiger partial charge is 0.378 e. The highest BCUT2D eigenvalue weighted by Gasteiger charge is 2.15. The first-order valence-electron chi connectivity index (χ1n) is 5.88. The van der Waals surface area contributed by atoms with Gasteiger partial charge >= 0.3 is 6.03 Å². The van der Waals surface area contributed by atoms with Crippen molar-refractivity contribution in [1.82, 2.24) is 25.4 Å². The molecule has 0 saturated carbocycles. The van der Waals surface area contributed by atoms with Crippen LogP contribution in [-0.2, 0) is 4.74 Å². The molecule has 1 saturated heterocycles. The Morgan fingerprint density at radius 3 is 3.00 bits per heavy atom. The standard InChI is InChI=1S/C10H17N5O2S/c1-8-12-9(14-13-8)18-7-2-11-10(16)15-3-5-17-6-4-15/h2-7H2,1H3,(H,11,16)(H,12,13,14). The predicted octanol–water partition coefficient (Wildman–Crippen LogP) is 0.247. The summed E-state index contributed by atoms with van der Waals surface area (Å²) in [4.78, 5) is 17.7. The van der Waals surface area contributed by atoms with Crippen molar-refractivity contribution < 1.29 is 9.53 Å². The van der Waals surface area contributed by atoms with Gasteiger partial charge in [-0.3, -0.25) is 5.10 Å². The number of nitrogens with zero attached hydrogens (tertiary/aromatic N) is 3. The number of carbonyl (C=O) groups excluding carboxylic acids is 1. The van der Waals surface area contributed by atoms with Crippen LogP contribution in [-0.4, -0.2) is 64.7 Å². The first kappa shape index (κ1) is 13.2. The molecule has 7 nitrogen and oxygen atoms in total. The lowest BCUT2D eigenvalue weighted by atomic mass is 10.4. The number of H-pyrrole nitrogens is 1. The number of amides is 2. The van der Waals surface area contributed by atoms with Gasteiger partial charge in [0.25, 0.3) is 0 Å². The number of aryl methyl sites for hydroxylation is 1. The van der Waals surface area contributed by atoms with Crippen LogP contribution in [0.1, 0.15) is 5.82 Å². The Bertz CT molecular complexity index is 391. The highest BCUT2D eigenvalue weighted by atomic mass is 32.2. The fourth-order valence-corrected chi connectivity index (χ4v) is 2.26. The highest BCUT2D eigenvalue weighted by Crippen LogP contribution is 2.10. The Kier molecular flexibility index (Phi) is 4.82. The number of morpholine rings is 1. The maximum atomic E-state index is 11.7. The maximum absolute atomic E-state index is 11.7. The molecule has 0 bridgehead atoms. The Balaban J connectivity index is 1.61. The molecule has 0 radical (unpaired) electrons. The number of hydrogen-bond acceptors (Lipinski definition) is 5. The molecule has 100 valence electrons. The SMILES string of the molecule is Cc1nc(SCCNC(=O)N2CCOCC2)n[nH]1. The monoisotopic (exact) mass is 271 g/mol. The number of nitrogens with one attached hydrogen (secondary N) is 2. The third-order valence-electron chi connectivity index (χ3n) is 2.48. The fraction of sp³-hybridized carbons (Fsp3) is 0.700. The van der Waals surface area contributed by atoms with E-state index in [2.05, 4.69) is 20.5 Å². The number of aromatic amines is 1. The van der Waals surface area contributed by atoms with Crippen LogP contribution in [0.2, 0.25) is 0 Å². The zero-order valence-corrected chi connectivity index (χ0v) is 11.1. The predicted molar refractivity (Wildman–Crippen MR) is 67.6 cm³/mol. The third kappa shape index (κ3) is 3.88. The second-order valence-corrected chi connectivity index (χ2v) is 4.95. The van der Waals surface area contributed by atoms with Crippen LogP contribution in [0.5, 0.6) is 0 Å². The molecule has 0 spiro atoms. The van der Waals surface area contributed by atoms with Gasteiger partial charge in [0.05, 0.1) is 13.2 Å². The zero-order chi connectivity index (χ0) is 12.8. The molecule has 2 heterocycles. The third-order valence-corrected chi connectivity index (χ3v) is 3.33. The van der Waals surface area contributed by atoms with Crippen molar-refractivity contribution in [3.05, 3.63) is 5.82 Å². The van der Waals surface area contributed by atoms with Crippen molar-refractivity contribution in [3.8, 4) is 0 Å². The lowest BCUT2D eigenvalue weighted by molar-refractivity contribution is 0.0533. The van der Waals surface area contributed by atoms with Gasteiger partial charge in [0, 0.05) is 25.4 Å². The number of ether oxygens (including phenoxy) is 1. The van der Waals surface area contributed by atoms with Gasteiger partial charge in [0.2, 0.25) is 5.16 Å². The van der Waals surface area contributed by atoms with Crippen LogP contribution in [0.4, 0.5) is 4.79 Å². The van der Waals surface area contributed by atoms with Gasteiger partial charge in [-0.15, -0.1) is 5.10 Å². The first-order chi connectivity index (χ1) is 8.75. The summed E-state index contributed by atoms with van der Waals surface area (Å²) in [6, 6.07) is -0.0231. The minimum atomic E-state index is -0.0231. The summed E-state index contributed by atoms with van der Waals surface area (Å²) in [5.41, 5.74) is 0. The minimum absolute atomic E-state index is 0.0231. The van der Waals surface area contributed by atoms with E-state index in [4.69, 9.17) is 4.74 Å². The molecule has 8 heteroatoms. The summed E-state index contributed by atoms with van der Waals surface area (Å²) < 4.78 is 5.19. The van der Waals surface area contributed by atoms with Crippen LogP contribution in [0.15, 0.2) is 5.16 Å². The number of urea groups is 1. The molecular formula is C10H17N5O2S. The van der Waals surface area contributed by atoms with Crippen molar-refractivity contribution in [2.75, 3.05) is 38.6 Å². The van der Waals surface area contributed by atoms with Crippen LogP contribution >= 0.6 is 11.8 Å². The Hall–Kier alpha value is -1.28. The maximum Gasteiger partial charge on any atom is 0.317 e. The average Bonchev–Trinajstić information content (AvgIpc) is 2.81. The smallest absolute Gasteiger partial charge is 0.317 e. The summed E-state index contributed by atoms with van der Waals surface area (Å²) in [6.07, 6.45) is 0. The lowest BCUT2D eigenvalue weighted by Gasteiger charge is -2.26. The molecule has 2 rings (SSSR count). The van der Waals surface area contributed by atoms with E-state index in [1.165, 1.54) is 11.8 Å². The van der Waals surface area contributed by atoms with Crippen LogP contribution < -0.4 is 5.32 Å². The van der Waals surface area contributed by atoms with Gasteiger partial charge in [-0.1, -0.05) is 11.8 Å². The molecule has 0 unspecified atom stereocenters. The van der Waals surface area contributed by atoms with Gasteiger partial charge in [0.15, 0.2) is 0 Å². The molecule has 0 aromatic carbocycles. The molecule has 1 aliphatic rings. The molecule has 0 atom stereocenters. The Morgan fingerprint density at radius 2 is 2.33 bits per heavy atom. The molecule has 1 aromatic heterocycles. The second-order valence-electron chi connectivity index (χ2n) is 3.88. The number of carbonyl (C=O) groups is 1. The van der Waals surface area contributed by atoms with E-state index in [0.717, 1.165) is 11.6 Å². The summed E-state index contributed by atoms with van der Waals surface area (Å²) in [7, 11) is 0. The van der Waals surface area contributed by atoms with Crippen molar-refractivity contribution in [3.63, 3.8) is 0 Å². The fourth-order valence-electron chi connectivity index (χ4n) is 1.57. The lowest BCUT2D eigenvalue weighted by Crippen LogP contribution is -2.46. The molecule has 0 aliphatic carbocycles. The number of thioether (sulfide) groups is 1. The van der Waals surface area contributed by atoms with E-state index >= 15 is 0 Å². The van der Waals surface area contributed by atoms with E-state index in [0.29, 0.717) is 38.0 Å². The molecule has 1 aromatic rings. The summed E-state index contributed by atoms with van der Waals surface area (Å²) in [5, 5.41) is 10.4. The van der Waals surface area contributed by atoms with E-state index in [1.54, 1.807) is 4.90 Å². The van der Waals surface area contributed by atoms with Gasteiger partial charge in [-0.2, -0.15) is 0 Å². The number of rotatable bonds is 4. The summed E-state index contributed by atoms with van der Waals surface area (Å²) >= 11 is 1.52. The van der Waals surface area contributed by atoms with Crippen molar-refractivity contribution in [2.45, 2.75) is 12.1 Å². The van der Waals surface area contributed by atoms with Gasteiger partial charge in [-0.05, 0) is 6.92 Å². The summed E-state index contributed by atoms with van der Waals surface area (Å²) in [6.45, 7) is 5.04. The van der Waals surface area contributed by atoms with Crippen LogP contribution in [0.3, 0.4) is 0 Å². The van der Waals surface area contributed by atoms with Gasteiger partial charge in [0.1, 0.15) is 5.82 Å². The van der Waals surface area contributed by atoms with Gasteiger partial charge < -0.3 is 15.0 Å². The Labute approximate surface area is 110 Å². The van der Waals surface area contributed by atoms with Crippen LogP contribution in [0, 0.1) is 6.92 Å². The van der Waals surface area contributed by atoms with Gasteiger partial charge in [-0.25, -0.2) is 9.78 Å². The summed E-state index contributed by atoms with van der Waals surface area (Å²) in [5.74, 6) is 1.56. The topological polar surface area (TPSA) is 83.1 Å². The molecule has 1 aliphatic heterocycles. The molecule has 2 amide bonds. The van der Waals surface area contributed by atoms with Crippen molar-refractivity contribution >= 4 is 17.8 Å². The normalized spacial score (nSPS) is 15.7. The molecule has 1 fully saturated rings. The van der Waals surface area contributed by atoms with Crippen molar-refractivity contribution in [2.24, 2.45) is 0 Å². The second kappa shape index (κ2) is 6.60. The first-order valence-corrected chi connectivity index (χ1v) is 6.86. The van der Waals surface area contributed by atoms with E-state index < -0.39 is 0 Å². The van der Waals surface area contributed by atoms with Crippen molar-refractivity contribution in [1.29, 1.82) is 0 Å². The molecule has 18 heavy (non-hydrogen) atoms. The molecular weight excluding hydrogens is 254 g/mol. The minimum Gasteiger partial charge on any atom is -0.378 e. The average molecular weight is 271 g/mol. The number of hydrogen-bond donors (Lipinski definition) is 2. The van der Waals surface area contributed by atoms with E-state index in [1.807, 2.05) is 6.92 Å². The quantitative estimate of drug-likeness (QED) is 0.606. The zero-order valence-electron chi connectivity index (χ0n) is 10.3. The Morgan fingerprint density at radius 1 is 1.56 bits per heavy atom. The van der Waals surface area contributed by atoms with Crippen LogP contribution in [0.25, 0.3) is 0 Å². The highest BCUT2D eigenvalue weighted by molar-refractivity contribution is 7.99. The van der Waals surface area contributed by atoms with E-state index in [9.17, 15) is 4.79 Å². The molecule has 2 N–H and O–H groups in total. The number of aromatic nitrogens is 3.